The van der Waals surface area contributed by atoms with Crippen molar-refractivity contribution in [3.63, 3.8) is 0 Å². The zero-order chi connectivity index (χ0) is 14.4. The zero-order valence-electron chi connectivity index (χ0n) is 12.3. The number of hydrogen-bond acceptors (Lipinski definition) is 5. The topological polar surface area (TPSA) is 58.9 Å². The predicted molar refractivity (Wildman–Crippen MR) is 79.4 cm³/mol. The Morgan fingerprint density at radius 2 is 1.90 bits per heavy atom. The van der Waals surface area contributed by atoms with E-state index in [-0.39, 0.29) is 0 Å². The minimum Gasteiger partial charge on any atom is -0.351 e. The van der Waals surface area contributed by atoms with Gasteiger partial charge in [0, 0.05) is 13.6 Å². The summed E-state index contributed by atoms with van der Waals surface area (Å²) in [6, 6.07) is 10.8. The summed E-state index contributed by atoms with van der Waals surface area (Å²) >= 11 is 0. The maximum atomic E-state index is 3.96. The summed E-state index contributed by atoms with van der Waals surface area (Å²) in [6.45, 7) is 7.16. The van der Waals surface area contributed by atoms with Gasteiger partial charge in [-0.1, -0.05) is 49.3 Å². The largest absolute Gasteiger partial charge is 0.351 e. The molecule has 0 radical (unpaired) electrons. The molecule has 1 unspecified atom stereocenters. The Morgan fingerprint density at radius 1 is 1.20 bits per heavy atom. The van der Waals surface area contributed by atoms with Crippen LogP contribution in [0.1, 0.15) is 25.5 Å². The number of benzene rings is 1. The second-order valence-corrected chi connectivity index (χ2v) is 4.65. The van der Waals surface area contributed by atoms with Crippen molar-refractivity contribution in [2.75, 3.05) is 25.0 Å². The van der Waals surface area contributed by atoms with Gasteiger partial charge in [0.15, 0.2) is 0 Å². The first kappa shape index (κ1) is 14.5. The molecule has 1 N–H and O–H groups in total. The predicted octanol–water partition coefficient (Wildman–Crippen LogP) is 1.71. The first-order valence-corrected chi connectivity index (χ1v) is 7.01. The molecule has 6 heteroatoms. The van der Waals surface area contributed by atoms with Crippen LogP contribution in [0.3, 0.4) is 0 Å². The molecule has 0 aliphatic carbocycles. The second kappa shape index (κ2) is 7.00. The molecule has 0 bridgehead atoms. The fourth-order valence-corrected chi connectivity index (χ4v) is 2.36. The van der Waals surface area contributed by atoms with Crippen LogP contribution in [0.2, 0.25) is 0 Å². The quantitative estimate of drug-likeness (QED) is 0.833. The van der Waals surface area contributed by atoms with Gasteiger partial charge in [0.05, 0.1) is 6.04 Å². The maximum Gasteiger partial charge on any atom is 0.242 e. The van der Waals surface area contributed by atoms with Crippen LogP contribution >= 0.6 is 0 Å². The van der Waals surface area contributed by atoms with E-state index in [0.29, 0.717) is 12.0 Å². The highest BCUT2D eigenvalue weighted by molar-refractivity contribution is 5.26. The number of nitrogens with one attached hydrogen (secondary N) is 1. The number of hydrogen-bond donors (Lipinski definition) is 1. The van der Waals surface area contributed by atoms with Gasteiger partial charge in [-0.15, -0.1) is 0 Å². The summed E-state index contributed by atoms with van der Waals surface area (Å²) in [5.41, 5.74) is 1.30. The smallest absolute Gasteiger partial charge is 0.242 e. The van der Waals surface area contributed by atoms with Crippen LogP contribution in [0.15, 0.2) is 30.3 Å². The standard InChI is InChI=1S/C14H22N6/c1-4-20(5-2)13(12-9-7-6-8-10-12)11-15-14-16-17-18-19(14)3/h6-10,13H,4-5,11H2,1-3H3,(H,15,16,18). The molecule has 2 aromatic rings. The third-order valence-corrected chi connectivity index (χ3v) is 3.51. The summed E-state index contributed by atoms with van der Waals surface area (Å²) in [7, 11) is 1.83. The zero-order valence-corrected chi connectivity index (χ0v) is 12.3. The van der Waals surface area contributed by atoms with Gasteiger partial charge < -0.3 is 5.32 Å². The van der Waals surface area contributed by atoms with Crippen LogP contribution in [0.25, 0.3) is 0 Å². The summed E-state index contributed by atoms with van der Waals surface area (Å²) in [5, 5.41) is 14.8. The molecule has 0 amide bonds. The van der Waals surface area contributed by atoms with Crippen LogP contribution in [-0.4, -0.2) is 44.7 Å². The number of aromatic nitrogens is 4. The third-order valence-electron chi connectivity index (χ3n) is 3.51. The van der Waals surface area contributed by atoms with E-state index >= 15 is 0 Å². The number of anilines is 1. The molecule has 20 heavy (non-hydrogen) atoms. The van der Waals surface area contributed by atoms with Crippen molar-refractivity contribution in [3.8, 4) is 0 Å². The van der Waals surface area contributed by atoms with Gasteiger partial charge in [0.2, 0.25) is 5.95 Å². The van der Waals surface area contributed by atoms with E-state index in [9.17, 15) is 0 Å². The van der Waals surface area contributed by atoms with Crippen LogP contribution < -0.4 is 5.32 Å². The lowest BCUT2D eigenvalue weighted by molar-refractivity contribution is 0.228. The molecule has 0 aliphatic heterocycles. The highest BCUT2D eigenvalue weighted by atomic mass is 15.6. The van der Waals surface area contributed by atoms with Crippen LogP contribution in [0.4, 0.5) is 5.95 Å². The number of likely N-dealkylation sites (N-methyl/N-ethyl adjacent to an activating group) is 1. The normalized spacial score (nSPS) is 12.6. The lowest BCUT2D eigenvalue weighted by Gasteiger charge is -2.30. The maximum absolute atomic E-state index is 3.96. The van der Waals surface area contributed by atoms with E-state index in [1.807, 2.05) is 13.1 Å². The third kappa shape index (κ3) is 3.33. The molecule has 6 nitrogen and oxygen atoms in total. The lowest BCUT2D eigenvalue weighted by Crippen LogP contribution is -2.33. The number of aryl methyl sites for hydroxylation is 1. The Labute approximate surface area is 119 Å². The van der Waals surface area contributed by atoms with E-state index < -0.39 is 0 Å². The van der Waals surface area contributed by atoms with E-state index in [1.54, 1.807) is 4.68 Å². The van der Waals surface area contributed by atoms with Crippen molar-refractivity contribution < 1.29 is 0 Å². The van der Waals surface area contributed by atoms with Crippen molar-refractivity contribution in [2.24, 2.45) is 7.05 Å². The van der Waals surface area contributed by atoms with E-state index in [4.69, 9.17) is 0 Å². The highest BCUT2D eigenvalue weighted by Gasteiger charge is 2.18. The second-order valence-electron chi connectivity index (χ2n) is 4.65. The average Bonchev–Trinajstić information content (AvgIpc) is 2.90. The van der Waals surface area contributed by atoms with Crippen molar-refractivity contribution in [2.45, 2.75) is 19.9 Å². The SMILES string of the molecule is CCN(CC)C(CNc1nnnn1C)c1ccccc1. The summed E-state index contributed by atoms with van der Waals surface area (Å²) in [6.07, 6.45) is 0. The van der Waals surface area contributed by atoms with Crippen molar-refractivity contribution in [3.05, 3.63) is 35.9 Å². The van der Waals surface area contributed by atoms with E-state index in [0.717, 1.165) is 19.6 Å². The molecule has 1 heterocycles. The Bertz CT molecular complexity index is 505. The van der Waals surface area contributed by atoms with Gasteiger partial charge in [-0.3, -0.25) is 4.90 Å². The van der Waals surface area contributed by atoms with E-state index in [1.165, 1.54) is 5.56 Å². The molecule has 1 atom stereocenters. The molecule has 0 fully saturated rings. The van der Waals surface area contributed by atoms with Gasteiger partial charge >= 0.3 is 0 Å². The molecule has 2 rings (SSSR count). The van der Waals surface area contributed by atoms with Crippen molar-refractivity contribution in [1.82, 2.24) is 25.1 Å². The average molecular weight is 274 g/mol. The molecule has 0 aliphatic rings. The molecule has 0 saturated carbocycles. The van der Waals surface area contributed by atoms with Gasteiger partial charge in [-0.25, -0.2) is 4.68 Å². The fourth-order valence-electron chi connectivity index (χ4n) is 2.36. The Balaban J connectivity index is 2.13. The molecule has 0 spiro atoms. The molecule has 1 aromatic heterocycles. The number of rotatable bonds is 7. The summed E-state index contributed by atoms with van der Waals surface area (Å²) < 4.78 is 1.64. The highest BCUT2D eigenvalue weighted by Crippen LogP contribution is 2.20. The van der Waals surface area contributed by atoms with Crippen LogP contribution in [0, 0.1) is 0 Å². The van der Waals surface area contributed by atoms with Crippen LogP contribution in [-0.2, 0) is 7.05 Å². The lowest BCUT2D eigenvalue weighted by atomic mass is 10.1. The first-order valence-electron chi connectivity index (χ1n) is 7.01. The van der Waals surface area contributed by atoms with Crippen molar-refractivity contribution in [1.29, 1.82) is 0 Å². The molecule has 0 saturated heterocycles. The fraction of sp³-hybridized carbons (Fsp3) is 0.500. The Morgan fingerprint density at radius 3 is 2.45 bits per heavy atom. The number of nitrogens with zero attached hydrogens (tertiary/aromatic N) is 5. The molecular weight excluding hydrogens is 252 g/mol. The van der Waals surface area contributed by atoms with E-state index in [2.05, 4.69) is 63.9 Å². The summed E-state index contributed by atoms with van der Waals surface area (Å²) in [4.78, 5) is 2.42. The molecular formula is C14H22N6. The molecule has 108 valence electrons. The number of tetrazole rings is 1. The Kier molecular flexibility index (Phi) is 5.06. The van der Waals surface area contributed by atoms with Crippen LogP contribution in [0.5, 0.6) is 0 Å². The Hall–Kier alpha value is -1.95. The summed E-state index contributed by atoms with van der Waals surface area (Å²) in [5.74, 6) is 0.693. The van der Waals surface area contributed by atoms with Gasteiger partial charge in [0.25, 0.3) is 0 Å². The van der Waals surface area contributed by atoms with Gasteiger partial charge in [-0.2, -0.15) is 0 Å². The minimum atomic E-state index is 0.308. The van der Waals surface area contributed by atoms with Gasteiger partial charge in [0.1, 0.15) is 0 Å². The monoisotopic (exact) mass is 274 g/mol. The molecule has 1 aromatic carbocycles. The first-order chi connectivity index (χ1) is 9.76. The van der Waals surface area contributed by atoms with Crippen molar-refractivity contribution >= 4 is 5.95 Å². The van der Waals surface area contributed by atoms with Gasteiger partial charge in [-0.05, 0) is 29.1 Å². The minimum absolute atomic E-state index is 0.308.